The van der Waals surface area contributed by atoms with Gasteiger partial charge >= 0.3 is 0 Å². The van der Waals surface area contributed by atoms with E-state index in [1.165, 1.54) is 12.3 Å². The zero-order chi connectivity index (χ0) is 18.5. The molecule has 3 rings (SSSR count). The summed E-state index contributed by atoms with van der Waals surface area (Å²) >= 11 is 0. The average molecular weight is 355 g/mol. The number of hydrogen-bond donors (Lipinski definition) is 2. The molecular formula is C20H22FN3O2. The van der Waals surface area contributed by atoms with E-state index in [4.69, 9.17) is 4.74 Å². The number of aromatic hydroxyl groups is 1. The van der Waals surface area contributed by atoms with Gasteiger partial charge in [0.15, 0.2) is 5.88 Å². The molecule has 0 aliphatic carbocycles. The Hall–Kier alpha value is -2.86. The SMILES string of the molecule is CCN(CCOC)c1ccc(N=Cc2c(O)[nH]c3cccc(F)c23)cc1. The van der Waals surface area contributed by atoms with Crippen LogP contribution in [0.15, 0.2) is 47.5 Å². The van der Waals surface area contributed by atoms with Crippen LogP contribution in [0.5, 0.6) is 5.88 Å². The summed E-state index contributed by atoms with van der Waals surface area (Å²) in [7, 11) is 1.69. The highest BCUT2D eigenvalue weighted by atomic mass is 19.1. The lowest BCUT2D eigenvalue weighted by Gasteiger charge is -2.22. The molecule has 0 aliphatic rings. The van der Waals surface area contributed by atoms with Crippen LogP contribution in [0.3, 0.4) is 0 Å². The second kappa shape index (κ2) is 8.01. The molecule has 0 amide bonds. The van der Waals surface area contributed by atoms with E-state index in [0.29, 0.717) is 23.1 Å². The zero-order valence-electron chi connectivity index (χ0n) is 14.9. The van der Waals surface area contributed by atoms with E-state index in [-0.39, 0.29) is 5.88 Å². The molecule has 1 heterocycles. The molecule has 2 N–H and O–H groups in total. The maximum absolute atomic E-state index is 14.1. The Balaban J connectivity index is 1.82. The van der Waals surface area contributed by atoms with Crippen molar-refractivity contribution < 1.29 is 14.2 Å². The van der Waals surface area contributed by atoms with E-state index in [1.54, 1.807) is 19.2 Å². The number of ether oxygens (including phenoxy) is 1. The van der Waals surface area contributed by atoms with Crippen LogP contribution >= 0.6 is 0 Å². The minimum atomic E-state index is -0.396. The highest BCUT2D eigenvalue weighted by Crippen LogP contribution is 2.28. The number of nitrogens with zero attached hydrogens (tertiary/aromatic N) is 2. The number of hydrogen-bond acceptors (Lipinski definition) is 4. The molecule has 0 spiro atoms. The summed E-state index contributed by atoms with van der Waals surface area (Å²) in [6.45, 7) is 4.46. The molecule has 0 unspecified atom stereocenters. The van der Waals surface area contributed by atoms with Crippen LogP contribution in [-0.4, -0.2) is 43.1 Å². The molecule has 26 heavy (non-hydrogen) atoms. The number of methoxy groups -OCH3 is 1. The van der Waals surface area contributed by atoms with Crippen LogP contribution in [0, 0.1) is 5.82 Å². The Bertz CT molecular complexity index is 903. The fraction of sp³-hybridized carbons (Fsp3) is 0.250. The number of fused-ring (bicyclic) bond motifs is 1. The van der Waals surface area contributed by atoms with Crippen LogP contribution in [-0.2, 0) is 4.74 Å². The first-order chi connectivity index (χ1) is 12.6. The van der Waals surface area contributed by atoms with Gasteiger partial charge in [0.2, 0.25) is 0 Å². The van der Waals surface area contributed by atoms with Gasteiger partial charge < -0.3 is 19.7 Å². The maximum Gasteiger partial charge on any atom is 0.198 e. The summed E-state index contributed by atoms with van der Waals surface area (Å²) in [5.41, 5.74) is 2.69. The number of anilines is 1. The van der Waals surface area contributed by atoms with Gasteiger partial charge in [0.1, 0.15) is 5.82 Å². The van der Waals surface area contributed by atoms with Crippen molar-refractivity contribution in [2.24, 2.45) is 4.99 Å². The van der Waals surface area contributed by atoms with Gasteiger partial charge in [-0.25, -0.2) is 4.39 Å². The molecule has 5 nitrogen and oxygen atoms in total. The van der Waals surface area contributed by atoms with Crippen molar-refractivity contribution in [3.8, 4) is 5.88 Å². The number of benzene rings is 2. The smallest absolute Gasteiger partial charge is 0.198 e. The Morgan fingerprint density at radius 1 is 1.23 bits per heavy atom. The third-order valence-electron chi connectivity index (χ3n) is 4.30. The van der Waals surface area contributed by atoms with Gasteiger partial charge in [-0.05, 0) is 43.3 Å². The molecule has 0 saturated carbocycles. The summed E-state index contributed by atoms with van der Waals surface area (Å²) in [6, 6.07) is 12.4. The quantitative estimate of drug-likeness (QED) is 0.623. The third kappa shape index (κ3) is 3.70. The Morgan fingerprint density at radius 3 is 2.69 bits per heavy atom. The topological polar surface area (TPSA) is 60.9 Å². The lowest BCUT2D eigenvalue weighted by molar-refractivity contribution is 0.205. The molecular weight excluding hydrogens is 333 g/mol. The van der Waals surface area contributed by atoms with Crippen molar-refractivity contribution in [2.45, 2.75) is 6.92 Å². The molecule has 3 aromatic rings. The number of nitrogens with one attached hydrogen (secondary N) is 1. The molecule has 0 radical (unpaired) electrons. The van der Waals surface area contributed by atoms with Crippen molar-refractivity contribution in [2.75, 3.05) is 31.7 Å². The average Bonchev–Trinajstić information content (AvgIpc) is 2.98. The maximum atomic E-state index is 14.1. The van der Waals surface area contributed by atoms with Gasteiger partial charge in [0, 0.05) is 37.5 Å². The highest BCUT2D eigenvalue weighted by Gasteiger charge is 2.12. The second-order valence-corrected chi connectivity index (χ2v) is 5.90. The fourth-order valence-electron chi connectivity index (χ4n) is 2.90. The van der Waals surface area contributed by atoms with Crippen LogP contribution in [0.25, 0.3) is 10.9 Å². The number of aromatic nitrogens is 1. The molecule has 0 bridgehead atoms. The first-order valence-electron chi connectivity index (χ1n) is 8.51. The minimum Gasteiger partial charge on any atom is -0.494 e. The Morgan fingerprint density at radius 2 is 2.00 bits per heavy atom. The largest absolute Gasteiger partial charge is 0.494 e. The monoisotopic (exact) mass is 355 g/mol. The van der Waals surface area contributed by atoms with Crippen LogP contribution in [0.4, 0.5) is 15.8 Å². The van der Waals surface area contributed by atoms with E-state index in [1.807, 2.05) is 24.3 Å². The number of rotatable bonds is 7. The first-order valence-corrected chi connectivity index (χ1v) is 8.51. The first kappa shape index (κ1) is 17.9. The van der Waals surface area contributed by atoms with Gasteiger partial charge in [0.05, 0.1) is 23.4 Å². The predicted molar refractivity (Wildman–Crippen MR) is 103 cm³/mol. The van der Waals surface area contributed by atoms with E-state index in [9.17, 15) is 9.50 Å². The number of halogens is 1. The molecule has 0 saturated heterocycles. The van der Waals surface area contributed by atoms with Crippen molar-refractivity contribution in [1.29, 1.82) is 0 Å². The molecule has 2 aromatic carbocycles. The van der Waals surface area contributed by atoms with Crippen molar-refractivity contribution in [3.05, 3.63) is 53.8 Å². The van der Waals surface area contributed by atoms with E-state index in [2.05, 4.69) is 21.8 Å². The Kier molecular flexibility index (Phi) is 5.53. The molecule has 0 fully saturated rings. The fourth-order valence-corrected chi connectivity index (χ4v) is 2.90. The normalized spacial score (nSPS) is 11.5. The van der Waals surface area contributed by atoms with Crippen molar-refractivity contribution in [3.63, 3.8) is 0 Å². The Labute approximate surface area is 151 Å². The zero-order valence-corrected chi connectivity index (χ0v) is 14.9. The summed E-state index contributed by atoms with van der Waals surface area (Å²) in [5.74, 6) is -0.491. The molecule has 0 atom stereocenters. The van der Waals surface area contributed by atoms with Gasteiger partial charge in [-0.15, -0.1) is 0 Å². The second-order valence-electron chi connectivity index (χ2n) is 5.90. The van der Waals surface area contributed by atoms with Crippen molar-refractivity contribution >= 4 is 28.5 Å². The standard InChI is InChI=1S/C20H22FN3O2/c1-3-24(11-12-26-2)15-9-7-14(8-10-15)22-13-16-19-17(21)5-4-6-18(19)23-20(16)25/h4-10,13,23,25H,3,11-12H2,1-2H3. The van der Waals surface area contributed by atoms with Crippen molar-refractivity contribution in [1.82, 2.24) is 4.98 Å². The van der Waals surface area contributed by atoms with Gasteiger partial charge in [-0.2, -0.15) is 0 Å². The van der Waals surface area contributed by atoms with E-state index >= 15 is 0 Å². The molecule has 6 heteroatoms. The molecule has 136 valence electrons. The molecule has 1 aromatic heterocycles. The summed E-state index contributed by atoms with van der Waals surface area (Å²) in [5, 5.41) is 10.4. The highest BCUT2D eigenvalue weighted by molar-refractivity contribution is 6.02. The summed E-state index contributed by atoms with van der Waals surface area (Å²) in [4.78, 5) is 9.34. The third-order valence-corrected chi connectivity index (χ3v) is 4.30. The lowest BCUT2D eigenvalue weighted by atomic mass is 10.1. The number of aliphatic imine (C=N–C) groups is 1. The number of likely N-dealkylation sites (N-methyl/N-ethyl adjacent to an activating group) is 1. The summed E-state index contributed by atoms with van der Waals surface area (Å²) < 4.78 is 19.2. The number of H-pyrrole nitrogens is 1. The van der Waals surface area contributed by atoms with Gasteiger partial charge in [-0.3, -0.25) is 4.99 Å². The number of aromatic amines is 1. The van der Waals surface area contributed by atoms with E-state index < -0.39 is 5.82 Å². The summed E-state index contributed by atoms with van der Waals surface area (Å²) in [6.07, 6.45) is 1.48. The lowest BCUT2D eigenvalue weighted by Crippen LogP contribution is -2.26. The predicted octanol–water partition coefficient (Wildman–Crippen LogP) is 4.24. The van der Waals surface area contributed by atoms with Crippen LogP contribution in [0.2, 0.25) is 0 Å². The van der Waals surface area contributed by atoms with Gasteiger partial charge in [-0.1, -0.05) is 6.07 Å². The molecule has 0 aliphatic heterocycles. The minimum absolute atomic E-state index is 0.0952. The van der Waals surface area contributed by atoms with E-state index in [0.717, 1.165) is 24.5 Å². The van der Waals surface area contributed by atoms with Crippen LogP contribution in [0.1, 0.15) is 12.5 Å². The van der Waals surface area contributed by atoms with Gasteiger partial charge in [0.25, 0.3) is 0 Å². The van der Waals surface area contributed by atoms with Crippen LogP contribution < -0.4 is 4.90 Å².